The molecule has 7 nitrogen and oxygen atoms in total. The lowest BCUT2D eigenvalue weighted by molar-refractivity contribution is -0.167. The van der Waals surface area contributed by atoms with E-state index >= 15 is 0 Å². The molecule has 4 rings (SSSR count). The van der Waals surface area contributed by atoms with Crippen molar-refractivity contribution in [2.45, 2.75) is 50.7 Å². The Balaban J connectivity index is 1.24. The van der Waals surface area contributed by atoms with Crippen molar-refractivity contribution >= 4 is 11.8 Å². The first-order valence-electron chi connectivity index (χ1n) is 11.5. The Morgan fingerprint density at radius 1 is 1.03 bits per heavy atom. The van der Waals surface area contributed by atoms with Crippen molar-refractivity contribution in [2.75, 3.05) is 52.6 Å². The lowest BCUT2D eigenvalue weighted by atomic mass is 9.83. The highest BCUT2D eigenvalue weighted by atomic mass is 16.5. The standard InChI is InChI=1S/C24H34N2O5/c1-19-4-2-3-5-20(19)16-22(27)25-9-7-24(8-10-25)17-21(6-13-31-24)30-18-23(28)26-11-14-29-15-12-26/h2-5,21H,6-18H2,1H3. The summed E-state index contributed by atoms with van der Waals surface area (Å²) in [6.45, 7) is 6.74. The SMILES string of the molecule is Cc1ccccc1CC(=O)N1CCC2(CC1)CC(OCC(=O)N1CCOCC1)CCO2. The molecule has 1 spiro atoms. The van der Waals surface area contributed by atoms with E-state index in [9.17, 15) is 9.59 Å². The van der Waals surface area contributed by atoms with Crippen LogP contribution in [-0.4, -0.2) is 85.9 Å². The van der Waals surface area contributed by atoms with E-state index < -0.39 is 0 Å². The van der Waals surface area contributed by atoms with Crippen LogP contribution in [-0.2, 0) is 30.2 Å². The fourth-order valence-corrected chi connectivity index (χ4v) is 4.81. The Kier molecular flexibility index (Phi) is 7.25. The predicted molar refractivity (Wildman–Crippen MR) is 116 cm³/mol. The number of piperidine rings is 1. The maximum Gasteiger partial charge on any atom is 0.248 e. The Morgan fingerprint density at radius 2 is 1.74 bits per heavy atom. The molecule has 170 valence electrons. The molecule has 0 bridgehead atoms. The molecule has 0 N–H and O–H groups in total. The summed E-state index contributed by atoms with van der Waals surface area (Å²) < 4.78 is 17.5. The van der Waals surface area contributed by atoms with Gasteiger partial charge in [-0.05, 0) is 37.3 Å². The minimum atomic E-state index is -0.232. The summed E-state index contributed by atoms with van der Waals surface area (Å²) in [6, 6.07) is 8.07. The van der Waals surface area contributed by atoms with Gasteiger partial charge in [-0.2, -0.15) is 0 Å². The second-order valence-corrected chi connectivity index (χ2v) is 8.93. The second kappa shape index (κ2) is 10.1. The Bertz CT molecular complexity index is 769. The van der Waals surface area contributed by atoms with Gasteiger partial charge in [-0.15, -0.1) is 0 Å². The van der Waals surface area contributed by atoms with E-state index in [-0.39, 0.29) is 30.1 Å². The smallest absolute Gasteiger partial charge is 0.248 e. The number of hydrogen-bond acceptors (Lipinski definition) is 5. The summed E-state index contributed by atoms with van der Waals surface area (Å²) in [5, 5.41) is 0. The van der Waals surface area contributed by atoms with Gasteiger partial charge < -0.3 is 24.0 Å². The molecule has 3 heterocycles. The topological polar surface area (TPSA) is 68.3 Å². The summed E-state index contributed by atoms with van der Waals surface area (Å²) in [6.07, 6.45) is 3.74. The van der Waals surface area contributed by atoms with Gasteiger partial charge in [-0.25, -0.2) is 0 Å². The zero-order valence-corrected chi connectivity index (χ0v) is 18.5. The number of amides is 2. The van der Waals surface area contributed by atoms with Crippen LogP contribution in [0.15, 0.2) is 24.3 Å². The number of benzene rings is 1. The number of carbonyl (C=O) groups excluding carboxylic acids is 2. The molecule has 3 aliphatic rings. The van der Waals surface area contributed by atoms with Gasteiger partial charge in [-0.3, -0.25) is 9.59 Å². The number of nitrogens with zero attached hydrogens (tertiary/aromatic N) is 2. The molecule has 7 heteroatoms. The minimum absolute atomic E-state index is 0.0351. The monoisotopic (exact) mass is 430 g/mol. The predicted octanol–water partition coefficient (Wildman–Crippen LogP) is 1.95. The highest BCUT2D eigenvalue weighted by Crippen LogP contribution is 2.36. The number of hydrogen-bond donors (Lipinski definition) is 0. The molecule has 1 atom stereocenters. The van der Waals surface area contributed by atoms with Crippen LogP contribution in [0.5, 0.6) is 0 Å². The van der Waals surface area contributed by atoms with E-state index in [1.807, 2.05) is 41.0 Å². The van der Waals surface area contributed by atoms with E-state index in [0.717, 1.165) is 36.8 Å². The summed E-state index contributed by atoms with van der Waals surface area (Å²) in [7, 11) is 0. The summed E-state index contributed by atoms with van der Waals surface area (Å²) in [5.41, 5.74) is 2.02. The van der Waals surface area contributed by atoms with Gasteiger partial charge in [0.2, 0.25) is 11.8 Å². The first-order valence-corrected chi connectivity index (χ1v) is 11.5. The van der Waals surface area contributed by atoms with E-state index in [4.69, 9.17) is 14.2 Å². The summed E-state index contributed by atoms with van der Waals surface area (Å²) >= 11 is 0. The maximum atomic E-state index is 12.8. The third kappa shape index (κ3) is 5.64. The van der Waals surface area contributed by atoms with E-state index in [0.29, 0.717) is 52.4 Å². The van der Waals surface area contributed by atoms with Crippen molar-refractivity contribution in [3.05, 3.63) is 35.4 Å². The highest BCUT2D eigenvalue weighted by molar-refractivity contribution is 5.79. The van der Waals surface area contributed by atoms with Gasteiger partial charge in [0, 0.05) is 39.2 Å². The van der Waals surface area contributed by atoms with Crippen LogP contribution in [0.3, 0.4) is 0 Å². The van der Waals surface area contributed by atoms with Crippen LogP contribution in [0.1, 0.15) is 36.8 Å². The van der Waals surface area contributed by atoms with E-state index in [1.165, 1.54) is 0 Å². The van der Waals surface area contributed by atoms with Gasteiger partial charge in [-0.1, -0.05) is 24.3 Å². The molecule has 1 aromatic carbocycles. The van der Waals surface area contributed by atoms with Crippen LogP contribution in [0, 0.1) is 6.92 Å². The number of ether oxygens (including phenoxy) is 3. The largest absolute Gasteiger partial charge is 0.378 e. The minimum Gasteiger partial charge on any atom is -0.378 e. The lowest BCUT2D eigenvalue weighted by Gasteiger charge is -2.46. The molecule has 3 fully saturated rings. The van der Waals surface area contributed by atoms with Crippen LogP contribution >= 0.6 is 0 Å². The molecular formula is C24H34N2O5. The van der Waals surface area contributed by atoms with Crippen molar-refractivity contribution in [2.24, 2.45) is 0 Å². The van der Waals surface area contributed by atoms with Crippen LogP contribution < -0.4 is 0 Å². The Morgan fingerprint density at radius 3 is 2.48 bits per heavy atom. The van der Waals surface area contributed by atoms with Gasteiger partial charge in [0.05, 0.1) is 31.3 Å². The number of morpholine rings is 1. The molecule has 31 heavy (non-hydrogen) atoms. The quantitative estimate of drug-likeness (QED) is 0.714. The van der Waals surface area contributed by atoms with Crippen molar-refractivity contribution in [1.29, 1.82) is 0 Å². The molecule has 3 saturated heterocycles. The molecule has 0 aromatic heterocycles. The normalized spacial score (nSPS) is 23.7. The third-order valence-corrected chi connectivity index (χ3v) is 6.88. The van der Waals surface area contributed by atoms with E-state index in [1.54, 1.807) is 0 Å². The van der Waals surface area contributed by atoms with Crippen LogP contribution in [0.25, 0.3) is 0 Å². The molecule has 0 saturated carbocycles. The zero-order chi connectivity index (χ0) is 21.7. The molecule has 3 aliphatic heterocycles. The Labute approximate surface area is 184 Å². The molecule has 0 aliphatic carbocycles. The van der Waals surface area contributed by atoms with Gasteiger partial charge in [0.25, 0.3) is 0 Å². The third-order valence-electron chi connectivity index (χ3n) is 6.88. The van der Waals surface area contributed by atoms with Gasteiger partial charge >= 0.3 is 0 Å². The van der Waals surface area contributed by atoms with Gasteiger partial charge in [0.15, 0.2) is 0 Å². The average molecular weight is 431 g/mol. The fraction of sp³-hybridized carbons (Fsp3) is 0.667. The van der Waals surface area contributed by atoms with Gasteiger partial charge in [0.1, 0.15) is 6.61 Å². The van der Waals surface area contributed by atoms with Crippen molar-refractivity contribution < 1.29 is 23.8 Å². The zero-order valence-electron chi connectivity index (χ0n) is 18.5. The number of aryl methyl sites for hydroxylation is 1. The van der Waals surface area contributed by atoms with Crippen molar-refractivity contribution in [1.82, 2.24) is 9.80 Å². The van der Waals surface area contributed by atoms with Crippen molar-refractivity contribution in [3.63, 3.8) is 0 Å². The number of likely N-dealkylation sites (tertiary alicyclic amines) is 1. The Hall–Kier alpha value is -1.96. The van der Waals surface area contributed by atoms with Crippen LogP contribution in [0.4, 0.5) is 0 Å². The highest BCUT2D eigenvalue weighted by Gasteiger charge is 2.41. The molecule has 1 aromatic rings. The first kappa shape index (κ1) is 22.2. The molecule has 1 unspecified atom stereocenters. The summed E-state index contributed by atoms with van der Waals surface area (Å²) in [4.78, 5) is 28.9. The average Bonchev–Trinajstić information content (AvgIpc) is 2.80. The van der Waals surface area contributed by atoms with Crippen LogP contribution in [0.2, 0.25) is 0 Å². The maximum absolute atomic E-state index is 12.8. The summed E-state index contributed by atoms with van der Waals surface area (Å²) in [5.74, 6) is 0.226. The lowest BCUT2D eigenvalue weighted by Crippen LogP contribution is -2.52. The molecule has 0 radical (unpaired) electrons. The number of carbonyl (C=O) groups is 2. The fourth-order valence-electron chi connectivity index (χ4n) is 4.81. The van der Waals surface area contributed by atoms with E-state index in [2.05, 4.69) is 0 Å². The molecule has 2 amide bonds. The first-order chi connectivity index (χ1) is 15.0. The van der Waals surface area contributed by atoms with Crippen molar-refractivity contribution in [3.8, 4) is 0 Å². The second-order valence-electron chi connectivity index (χ2n) is 8.93. The molecular weight excluding hydrogens is 396 g/mol. The number of rotatable bonds is 5.